The monoisotopic (exact) mass is 1390 g/mol. The van der Waals surface area contributed by atoms with Gasteiger partial charge in [0, 0.05) is 111 Å². The van der Waals surface area contributed by atoms with E-state index in [0.717, 1.165) is 52.1 Å². The molecule has 2 aromatic heterocycles. The molecule has 0 bridgehead atoms. The SMILES string of the molecule is C=CC(=O)Nc1cc(Nc2nccc(-c3cn(C)c4ccccc34)n2)c(OC)cc1N(C)CCN(C)CCOCCOCCOCCOCCOCCOCCOCCOCCOCCOCCOc1cc(Cl)cc(NC(=O)NCc2ccc3c(c2)CN(C2CCC(=O)NC2=O)C3=O)c1. The second-order valence-electron chi connectivity index (χ2n) is 22.9. The van der Waals surface area contributed by atoms with Crippen LogP contribution in [0.2, 0.25) is 5.02 Å². The van der Waals surface area contributed by atoms with Crippen LogP contribution >= 0.6 is 11.6 Å². The molecule has 6 aromatic rings. The van der Waals surface area contributed by atoms with E-state index in [-0.39, 0.29) is 50.3 Å². The highest BCUT2D eigenvalue weighted by Crippen LogP contribution is 2.39. The highest BCUT2D eigenvalue weighted by molar-refractivity contribution is 6.31. The van der Waals surface area contributed by atoms with Crippen molar-refractivity contribution in [1.29, 1.82) is 0 Å². The first-order chi connectivity index (χ1) is 48.3. The van der Waals surface area contributed by atoms with Crippen molar-refractivity contribution in [1.82, 2.24) is 35.0 Å². The number of anilines is 5. The van der Waals surface area contributed by atoms with E-state index in [9.17, 15) is 24.0 Å². The summed E-state index contributed by atoms with van der Waals surface area (Å²) in [5.74, 6) is -0.0346. The second-order valence-corrected chi connectivity index (χ2v) is 23.3. The summed E-state index contributed by atoms with van der Waals surface area (Å²) in [6, 6.07) is 22.7. The molecule has 1 atom stereocenters. The van der Waals surface area contributed by atoms with Gasteiger partial charge in [0.1, 0.15) is 24.1 Å². The zero-order valence-corrected chi connectivity index (χ0v) is 57.6. The van der Waals surface area contributed by atoms with Crippen LogP contribution in [0.15, 0.2) is 104 Å². The third-order valence-corrected chi connectivity index (χ3v) is 15.9. The van der Waals surface area contributed by atoms with E-state index in [1.807, 2.05) is 57.5 Å². The number of para-hydroxylation sites is 1. The number of fused-ring (bicyclic) bond motifs is 2. The van der Waals surface area contributed by atoms with Gasteiger partial charge < -0.3 is 97.4 Å². The lowest BCUT2D eigenvalue weighted by atomic mass is 10.0. The molecule has 4 aromatic carbocycles. The first-order valence-electron chi connectivity index (χ1n) is 33.0. The van der Waals surface area contributed by atoms with Gasteiger partial charge in [-0.2, -0.15) is 0 Å². The largest absolute Gasteiger partial charge is 0.494 e. The highest BCUT2D eigenvalue weighted by atomic mass is 35.5. The first-order valence-corrected chi connectivity index (χ1v) is 33.4. The number of imide groups is 1. The van der Waals surface area contributed by atoms with Gasteiger partial charge in [-0.15, -0.1) is 0 Å². The minimum absolute atomic E-state index is 0.178. The number of hydrogen-bond acceptors (Lipinski definition) is 22. The summed E-state index contributed by atoms with van der Waals surface area (Å²) in [5, 5.41) is 15.6. The second kappa shape index (κ2) is 41.9. The molecule has 28 nitrogen and oxygen atoms in total. The average Bonchev–Trinajstić information content (AvgIpc) is 1.68. The van der Waals surface area contributed by atoms with Crippen LogP contribution in [0.25, 0.3) is 22.2 Å². The number of methoxy groups -OCH3 is 1. The molecule has 8 rings (SSSR count). The Kier molecular flexibility index (Phi) is 32.3. The molecule has 0 spiro atoms. The van der Waals surface area contributed by atoms with Gasteiger partial charge in [0.15, 0.2) is 0 Å². The molecule has 6 amide bonds. The van der Waals surface area contributed by atoms with Crippen LogP contribution < -0.4 is 41.0 Å². The summed E-state index contributed by atoms with van der Waals surface area (Å²) < 4.78 is 69.8. The van der Waals surface area contributed by atoms with Gasteiger partial charge in [-0.05, 0) is 67.1 Å². The van der Waals surface area contributed by atoms with Crippen LogP contribution in [-0.4, -0.2) is 240 Å². The number of nitrogens with one attached hydrogen (secondary N) is 5. The number of amides is 6. The Bertz CT molecular complexity index is 3570. The maximum atomic E-state index is 13.0. The predicted octanol–water partition coefficient (Wildman–Crippen LogP) is 6.86. The van der Waals surface area contributed by atoms with Crippen LogP contribution in [0, 0.1) is 0 Å². The molecule has 99 heavy (non-hydrogen) atoms. The summed E-state index contributed by atoms with van der Waals surface area (Å²) in [6.07, 6.45) is 5.47. The Balaban J connectivity index is 0.539. The quantitative estimate of drug-likeness (QED) is 0.0148. The minimum Gasteiger partial charge on any atom is -0.494 e. The fourth-order valence-corrected chi connectivity index (χ4v) is 10.8. The Morgan fingerprint density at radius 1 is 0.687 bits per heavy atom. The van der Waals surface area contributed by atoms with Gasteiger partial charge in [-0.3, -0.25) is 24.5 Å². The number of urea groups is 1. The van der Waals surface area contributed by atoms with Crippen molar-refractivity contribution in [3.8, 4) is 22.8 Å². The number of likely N-dealkylation sites (N-methyl/N-ethyl adjacent to an activating group) is 2. The molecule has 0 radical (unpaired) electrons. The molecule has 4 heterocycles. The fraction of sp³-hybridized carbons (Fsp3) is 0.471. The third kappa shape index (κ3) is 25.4. The molecule has 2 aliphatic rings. The van der Waals surface area contributed by atoms with Gasteiger partial charge in [-0.25, -0.2) is 14.8 Å². The topological polar surface area (TPSA) is 297 Å². The van der Waals surface area contributed by atoms with Crippen molar-refractivity contribution in [2.75, 3.05) is 200 Å². The molecule has 0 saturated carbocycles. The van der Waals surface area contributed by atoms with Crippen LogP contribution in [-0.2, 0) is 81.9 Å². The maximum absolute atomic E-state index is 13.0. The summed E-state index contributed by atoms with van der Waals surface area (Å²) >= 11 is 6.31. The van der Waals surface area contributed by atoms with E-state index < -0.39 is 18.0 Å². The summed E-state index contributed by atoms with van der Waals surface area (Å²) in [6.45, 7) is 15.1. The van der Waals surface area contributed by atoms with Crippen molar-refractivity contribution >= 4 is 80.9 Å². The Morgan fingerprint density at radius 3 is 1.90 bits per heavy atom. The number of carbonyl (C=O) groups is 5. The third-order valence-electron chi connectivity index (χ3n) is 15.7. The minimum atomic E-state index is -0.701. The van der Waals surface area contributed by atoms with Crippen molar-refractivity contribution in [2.45, 2.75) is 32.0 Å². The molecule has 536 valence electrons. The average molecular weight is 1400 g/mol. The van der Waals surface area contributed by atoms with Crippen LogP contribution in [0.4, 0.5) is 33.5 Å². The standard InChI is InChI=1S/C70H92ClN11O17/c1-6-65(83)75-59-45-60(77-69-72-16-15-58(76-69)57-49-81(4)61-10-8-7-9-56(57)61)64(88-5)46-63(59)80(3)18-17-79(2)19-20-89-21-22-90-23-24-91-25-26-92-27-28-93-29-30-94-31-32-95-33-34-96-35-36-97-37-38-98-39-40-99-54-43-52(71)42-53(44-54)74-70(87)73-47-50-11-12-55-51(41-50)48-82(68(55)86)62-13-14-66(84)78-67(62)85/h6-12,15-16,41-46,49,62H,1,13-14,17-40,47-48H2,2-5H3,(H,75,83)(H,72,76,77)(H2,73,74,87)(H,78,84,85). The Hall–Kier alpha value is -8.36. The number of carbonyl (C=O) groups excluding carboxylic acids is 5. The van der Waals surface area contributed by atoms with Crippen LogP contribution in [0.1, 0.15) is 34.3 Å². The van der Waals surface area contributed by atoms with Gasteiger partial charge in [-0.1, -0.05) is 48.5 Å². The molecule has 0 aliphatic carbocycles. The van der Waals surface area contributed by atoms with E-state index >= 15 is 0 Å². The molecule has 1 saturated heterocycles. The summed E-state index contributed by atoms with van der Waals surface area (Å²) in [7, 11) is 7.61. The van der Waals surface area contributed by atoms with Crippen molar-refractivity contribution in [2.24, 2.45) is 7.05 Å². The zero-order chi connectivity index (χ0) is 70.0. The highest BCUT2D eigenvalue weighted by Gasteiger charge is 2.39. The number of benzene rings is 4. The molecular weight excluding hydrogens is 1300 g/mol. The van der Waals surface area contributed by atoms with Gasteiger partial charge in [0.05, 0.1) is 162 Å². The number of aryl methyl sites for hydroxylation is 1. The molecule has 5 N–H and O–H groups in total. The van der Waals surface area contributed by atoms with Gasteiger partial charge >= 0.3 is 6.03 Å². The number of piperidine rings is 1. The lowest BCUT2D eigenvalue weighted by Gasteiger charge is -2.29. The first kappa shape index (κ1) is 76.4. The molecule has 1 unspecified atom stereocenters. The summed E-state index contributed by atoms with van der Waals surface area (Å²) in [5.41, 5.74) is 7.21. The Morgan fingerprint density at radius 2 is 1.29 bits per heavy atom. The van der Waals surface area contributed by atoms with Crippen molar-refractivity contribution < 1.29 is 80.8 Å². The van der Waals surface area contributed by atoms with Crippen molar-refractivity contribution in [3.63, 3.8) is 0 Å². The summed E-state index contributed by atoms with van der Waals surface area (Å²) in [4.78, 5) is 77.4. The van der Waals surface area contributed by atoms with E-state index in [2.05, 4.69) is 70.8 Å². The fourth-order valence-electron chi connectivity index (χ4n) is 10.6. The van der Waals surface area contributed by atoms with E-state index in [1.165, 1.54) is 11.0 Å². The molecule has 2 aliphatic heterocycles. The van der Waals surface area contributed by atoms with Gasteiger partial charge in [0.2, 0.25) is 23.7 Å². The normalized spacial score (nSPS) is 13.6. The smallest absolute Gasteiger partial charge is 0.319 e. The number of rotatable bonds is 48. The lowest BCUT2D eigenvalue weighted by molar-refractivity contribution is -0.137. The zero-order valence-electron chi connectivity index (χ0n) is 56.8. The molecule has 29 heteroatoms. The van der Waals surface area contributed by atoms with E-state index in [1.54, 1.807) is 43.6 Å². The van der Waals surface area contributed by atoms with E-state index in [4.69, 9.17) is 73.4 Å². The lowest BCUT2D eigenvalue weighted by Crippen LogP contribution is -2.52. The number of aromatic nitrogens is 3. The van der Waals surface area contributed by atoms with Crippen LogP contribution in [0.3, 0.4) is 0 Å². The number of nitrogens with zero attached hydrogens (tertiary/aromatic N) is 6. The Labute approximate surface area is 582 Å². The predicted molar refractivity (Wildman–Crippen MR) is 373 cm³/mol. The number of ether oxygens (including phenoxy) is 12. The van der Waals surface area contributed by atoms with Gasteiger partial charge in [0.25, 0.3) is 5.91 Å². The van der Waals surface area contributed by atoms with Crippen LogP contribution in [0.5, 0.6) is 11.5 Å². The molecular formula is C70H92ClN11O17. The number of halogens is 1. The van der Waals surface area contributed by atoms with E-state index in [0.29, 0.717) is 184 Å². The maximum Gasteiger partial charge on any atom is 0.319 e. The number of hydrogen-bond donors (Lipinski definition) is 5. The molecule has 1 fully saturated rings. The van der Waals surface area contributed by atoms with Crippen molar-refractivity contribution in [3.05, 3.63) is 126 Å².